The topological polar surface area (TPSA) is 125 Å². The molecule has 3 aromatic rings. The van der Waals surface area contributed by atoms with Gasteiger partial charge in [-0.25, -0.2) is 8.42 Å². The zero-order valence-corrected chi connectivity index (χ0v) is 19.4. The summed E-state index contributed by atoms with van der Waals surface area (Å²) in [6.07, 6.45) is 1.15. The maximum atomic E-state index is 12.9. The second-order valence-corrected chi connectivity index (χ2v) is 10.4. The maximum absolute atomic E-state index is 12.9. The van der Waals surface area contributed by atoms with Gasteiger partial charge in [0.25, 0.3) is 5.91 Å². The molecule has 170 valence electrons. The maximum Gasteiger partial charge on any atom is 0.286 e. The van der Waals surface area contributed by atoms with E-state index in [2.05, 4.69) is 15.5 Å². The van der Waals surface area contributed by atoms with Gasteiger partial charge in [0.2, 0.25) is 15.0 Å². The van der Waals surface area contributed by atoms with Gasteiger partial charge in [0.1, 0.15) is 10.8 Å². The van der Waals surface area contributed by atoms with Crippen molar-refractivity contribution in [3.05, 3.63) is 64.1 Å². The molecule has 33 heavy (non-hydrogen) atoms. The van der Waals surface area contributed by atoms with Crippen LogP contribution in [0.25, 0.3) is 0 Å². The van der Waals surface area contributed by atoms with E-state index < -0.39 is 10.0 Å². The standard InChI is InChI=1S/C22H21N5O4S2/c1-31-18-7-5-17(6-8-18)24-20(28)22-26-25-21(32-22)16-9-11-27(12-10-16)33(29,30)19-4-2-3-15(13-19)14-23/h2-8,13,16H,9-12H2,1H3,(H,24,28). The largest absolute Gasteiger partial charge is 0.497 e. The van der Waals surface area contributed by atoms with Gasteiger partial charge < -0.3 is 10.1 Å². The fourth-order valence-corrected chi connectivity index (χ4v) is 5.99. The molecule has 0 aliphatic carbocycles. The molecule has 2 heterocycles. The molecule has 4 rings (SSSR count). The van der Waals surface area contributed by atoms with Crippen molar-refractivity contribution in [3.63, 3.8) is 0 Å². The Hall–Kier alpha value is -3.33. The Labute approximate surface area is 195 Å². The van der Waals surface area contributed by atoms with Crippen LogP contribution in [0.3, 0.4) is 0 Å². The second-order valence-electron chi connectivity index (χ2n) is 7.45. The quantitative estimate of drug-likeness (QED) is 0.570. The predicted octanol–water partition coefficient (Wildman–Crippen LogP) is 3.24. The highest BCUT2D eigenvalue weighted by molar-refractivity contribution is 7.89. The van der Waals surface area contributed by atoms with E-state index in [-0.39, 0.29) is 21.7 Å². The fraction of sp³-hybridized carbons (Fsp3) is 0.273. The summed E-state index contributed by atoms with van der Waals surface area (Å²) in [6.45, 7) is 0.660. The van der Waals surface area contributed by atoms with E-state index in [1.165, 1.54) is 27.8 Å². The van der Waals surface area contributed by atoms with E-state index >= 15 is 0 Å². The second kappa shape index (κ2) is 9.66. The van der Waals surface area contributed by atoms with Crippen LogP contribution in [0.15, 0.2) is 53.4 Å². The van der Waals surface area contributed by atoms with Crippen LogP contribution in [-0.2, 0) is 10.0 Å². The van der Waals surface area contributed by atoms with Gasteiger partial charge in [-0.2, -0.15) is 9.57 Å². The van der Waals surface area contributed by atoms with E-state index in [1.54, 1.807) is 43.5 Å². The molecule has 1 saturated heterocycles. The number of amides is 1. The van der Waals surface area contributed by atoms with Gasteiger partial charge in [-0.3, -0.25) is 4.79 Å². The lowest BCUT2D eigenvalue weighted by molar-refractivity contribution is 0.102. The van der Waals surface area contributed by atoms with Crippen LogP contribution in [0, 0.1) is 11.3 Å². The summed E-state index contributed by atoms with van der Waals surface area (Å²) >= 11 is 1.22. The molecule has 1 aliphatic heterocycles. The summed E-state index contributed by atoms with van der Waals surface area (Å²) < 4.78 is 32.4. The van der Waals surface area contributed by atoms with Crippen molar-refractivity contribution in [1.82, 2.24) is 14.5 Å². The van der Waals surface area contributed by atoms with E-state index in [9.17, 15) is 13.2 Å². The molecule has 1 fully saturated rings. The smallest absolute Gasteiger partial charge is 0.286 e. The van der Waals surface area contributed by atoms with Gasteiger partial charge in [0.05, 0.1) is 23.6 Å². The molecule has 1 N–H and O–H groups in total. The Kier molecular flexibility index (Phi) is 6.69. The third kappa shape index (κ3) is 5.03. The number of ether oxygens (including phenoxy) is 1. The number of sulfonamides is 1. The Balaban J connectivity index is 1.38. The van der Waals surface area contributed by atoms with Gasteiger partial charge >= 0.3 is 0 Å². The number of nitrogens with one attached hydrogen (secondary N) is 1. The van der Waals surface area contributed by atoms with Crippen molar-refractivity contribution in [2.24, 2.45) is 0 Å². The molecule has 0 saturated carbocycles. The first kappa shape index (κ1) is 22.8. The van der Waals surface area contributed by atoms with Gasteiger partial charge in [0, 0.05) is 24.7 Å². The zero-order valence-electron chi connectivity index (χ0n) is 17.8. The molecule has 0 atom stereocenters. The Morgan fingerprint density at radius 1 is 1.18 bits per heavy atom. The van der Waals surface area contributed by atoms with Crippen molar-refractivity contribution < 1.29 is 17.9 Å². The van der Waals surface area contributed by atoms with Crippen LogP contribution in [0.1, 0.15) is 39.1 Å². The average molecular weight is 484 g/mol. The first-order valence-corrected chi connectivity index (χ1v) is 12.5. The van der Waals surface area contributed by atoms with Crippen LogP contribution in [-0.4, -0.2) is 49.0 Å². The lowest BCUT2D eigenvalue weighted by Crippen LogP contribution is -2.37. The number of carbonyl (C=O) groups is 1. The van der Waals surface area contributed by atoms with E-state index in [0.29, 0.717) is 42.9 Å². The molecule has 0 spiro atoms. The first-order chi connectivity index (χ1) is 15.9. The lowest BCUT2D eigenvalue weighted by Gasteiger charge is -2.30. The summed E-state index contributed by atoms with van der Waals surface area (Å²) in [5, 5.41) is 21.0. The number of hydrogen-bond donors (Lipinski definition) is 1. The van der Waals surface area contributed by atoms with Crippen LogP contribution < -0.4 is 10.1 Å². The summed E-state index contributed by atoms with van der Waals surface area (Å²) in [7, 11) is -2.10. The van der Waals surface area contributed by atoms with Gasteiger partial charge in [-0.1, -0.05) is 17.4 Å². The number of anilines is 1. The minimum absolute atomic E-state index is 0.0296. The van der Waals surface area contributed by atoms with Gasteiger partial charge in [-0.15, -0.1) is 10.2 Å². The molecule has 1 amide bonds. The number of nitrogens with zero attached hydrogens (tertiary/aromatic N) is 4. The van der Waals surface area contributed by atoms with Crippen LogP contribution >= 0.6 is 11.3 Å². The molecule has 0 radical (unpaired) electrons. The third-order valence-corrected chi connectivity index (χ3v) is 8.37. The number of carbonyl (C=O) groups excluding carboxylic acids is 1. The van der Waals surface area contributed by atoms with Crippen molar-refractivity contribution >= 4 is 33.0 Å². The number of hydrogen-bond acceptors (Lipinski definition) is 8. The number of nitriles is 1. The molecular formula is C22H21N5O4S2. The SMILES string of the molecule is COc1ccc(NC(=O)c2nnc(C3CCN(S(=O)(=O)c4cccc(C#N)c4)CC3)s2)cc1. The van der Waals surface area contributed by atoms with Crippen LogP contribution in [0.5, 0.6) is 5.75 Å². The molecule has 0 unspecified atom stereocenters. The Morgan fingerprint density at radius 3 is 2.58 bits per heavy atom. The van der Waals surface area contributed by atoms with Gasteiger partial charge in [-0.05, 0) is 55.3 Å². The molecular weight excluding hydrogens is 462 g/mol. The molecule has 1 aromatic heterocycles. The highest BCUT2D eigenvalue weighted by Crippen LogP contribution is 2.32. The van der Waals surface area contributed by atoms with Crippen LogP contribution in [0.4, 0.5) is 5.69 Å². The summed E-state index contributed by atoms with van der Waals surface area (Å²) in [6, 6.07) is 15.0. The average Bonchev–Trinajstić information content (AvgIpc) is 3.35. The summed E-state index contributed by atoms with van der Waals surface area (Å²) in [4.78, 5) is 12.6. The van der Waals surface area contributed by atoms with E-state index in [0.717, 1.165) is 5.01 Å². The minimum Gasteiger partial charge on any atom is -0.497 e. The molecule has 11 heteroatoms. The number of piperidine rings is 1. The van der Waals surface area contributed by atoms with Crippen molar-refractivity contribution in [1.29, 1.82) is 5.26 Å². The zero-order chi connectivity index (χ0) is 23.4. The summed E-state index contributed by atoms with van der Waals surface area (Å²) in [5.74, 6) is 0.376. The highest BCUT2D eigenvalue weighted by atomic mass is 32.2. The number of rotatable bonds is 6. The lowest BCUT2D eigenvalue weighted by atomic mass is 9.99. The normalized spacial score (nSPS) is 15.0. The first-order valence-electron chi connectivity index (χ1n) is 10.2. The monoisotopic (exact) mass is 483 g/mol. The van der Waals surface area contributed by atoms with Crippen molar-refractivity contribution in [3.8, 4) is 11.8 Å². The van der Waals surface area contributed by atoms with E-state index in [1.807, 2.05) is 6.07 Å². The fourth-order valence-electron chi connectivity index (χ4n) is 3.57. The minimum atomic E-state index is -3.67. The molecule has 0 bridgehead atoms. The number of benzene rings is 2. The van der Waals surface area contributed by atoms with Crippen LogP contribution in [0.2, 0.25) is 0 Å². The predicted molar refractivity (Wildman–Crippen MR) is 123 cm³/mol. The summed E-state index contributed by atoms with van der Waals surface area (Å²) in [5.41, 5.74) is 0.928. The molecule has 2 aromatic carbocycles. The van der Waals surface area contributed by atoms with Crippen molar-refractivity contribution in [2.75, 3.05) is 25.5 Å². The molecule has 9 nitrogen and oxygen atoms in total. The molecule has 1 aliphatic rings. The Bertz CT molecular complexity index is 1290. The van der Waals surface area contributed by atoms with E-state index in [4.69, 9.17) is 10.00 Å². The van der Waals surface area contributed by atoms with Crippen molar-refractivity contribution in [2.45, 2.75) is 23.7 Å². The Morgan fingerprint density at radius 2 is 1.91 bits per heavy atom. The highest BCUT2D eigenvalue weighted by Gasteiger charge is 2.31. The third-order valence-electron chi connectivity index (χ3n) is 5.39. The number of methoxy groups -OCH3 is 1. The number of aromatic nitrogens is 2. The van der Waals surface area contributed by atoms with Gasteiger partial charge in [0.15, 0.2) is 0 Å².